The Morgan fingerprint density at radius 3 is 2.88 bits per heavy atom. The average molecular weight is 141 g/mol. The number of phosphoric acid groups is 1. The Hall–Kier alpha value is 0.110. The molecule has 0 aliphatic rings. The molecule has 0 unspecified atom stereocenters. The Labute approximate surface area is 49.1 Å². The third kappa shape index (κ3) is 6.11. The fourth-order valence-corrected chi connectivity index (χ4v) is 0.550. The molecule has 0 atom stereocenters. The zero-order valence-corrected chi connectivity index (χ0v) is 5.17. The van der Waals surface area contributed by atoms with E-state index in [1.54, 1.807) is 0 Å². The molecule has 0 aromatic carbocycles. The molecule has 0 aliphatic carbocycles. The van der Waals surface area contributed by atoms with Crippen molar-refractivity contribution in [1.29, 1.82) is 0 Å². The molecular formula is C3H9O4P. The van der Waals surface area contributed by atoms with E-state index in [1.807, 2.05) is 0 Å². The van der Waals surface area contributed by atoms with Crippen LogP contribution in [0.15, 0.2) is 0 Å². The number of rotatable bonds is 3. The Kier molecular flexibility index (Phi) is 2.49. The van der Waals surface area contributed by atoms with Crippen molar-refractivity contribution >= 4 is 7.82 Å². The summed E-state index contributed by atoms with van der Waals surface area (Å²) in [7, 11) is -4.28. The second kappa shape index (κ2) is 3.20. The van der Waals surface area contributed by atoms with E-state index in [-0.39, 0.29) is 13.5 Å². The molecule has 0 radical (unpaired) electrons. The standard InChI is InChI=1S/C3H9O4P/c1-2-3-7-8(4,5)6/h2-3H2,1H3,(H2,4,5,6)/i1D. The lowest BCUT2D eigenvalue weighted by molar-refractivity contribution is 0.197. The summed E-state index contributed by atoms with van der Waals surface area (Å²) in [5.74, 6) is 0. The zero-order chi connectivity index (χ0) is 7.33. The van der Waals surface area contributed by atoms with Gasteiger partial charge in [-0.05, 0) is 6.42 Å². The van der Waals surface area contributed by atoms with Crippen LogP contribution in [0.5, 0.6) is 0 Å². The lowest BCUT2D eigenvalue weighted by Crippen LogP contribution is -1.88. The van der Waals surface area contributed by atoms with Crippen molar-refractivity contribution in [1.82, 2.24) is 0 Å². The molecule has 0 heterocycles. The summed E-state index contributed by atoms with van der Waals surface area (Å²) < 4.78 is 20.5. The summed E-state index contributed by atoms with van der Waals surface area (Å²) in [6.45, 7) is 0.0772. The largest absolute Gasteiger partial charge is 0.469 e. The molecule has 8 heavy (non-hydrogen) atoms. The number of hydrogen-bond donors (Lipinski definition) is 2. The normalized spacial score (nSPS) is 13.5. The van der Waals surface area contributed by atoms with Crippen LogP contribution in [0.1, 0.15) is 14.7 Å². The van der Waals surface area contributed by atoms with Gasteiger partial charge < -0.3 is 9.79 Å². The predicted molar refractivity (Wildman–Crippen MR) is 28.3 cm³/mol. The van der Waals surface area contributed by atoms with E-state index in [2.05, 4.69) is 4.52 Å². The van der Waals surface area contributed by atoms with E-state index in [4.69, 9.17) is 11.2 Å². The summed E-state index contributed by atoms with van der Waals surface area (Å²) in [6.07, 6.45) is 0.352. The van der Waals surface area contributed by atoms with Crippen molar-refractivity contribution in [3.8, 4) is 0 Å². The summed E-state index contributed by atoms with van der Waals surface area (Å²) in [5.41, 5.74) is 0. The summed E-state index contributed by atoms with van der Waals surface area (Å²) in [6, 6.07) is 0. The van der Waals surface area contributed by atoms with Gasteiger partial charge in [-0.2, -0.15) is 0 Å². The first-order valence-electron chi connectivity index (χ1n) is 2.76. The second-order valence-corrected chi connectivity index (χ2v) is 2.42. The van der Waals surface area contributed by atoms with Gasteiger partial charge in [-0.25, -0.2) is 4.57 Å². The molecule has 0 aliphatic heterocycles. The maximum atomic E-state index is 9.92. The van der Waals surface area contributed by atoms with Gasteiger partial charge in [0.05, 0.1) is 6.61 Å². The molecule has 0 rings (SSSR count). The van der Waals surface area contributed by atoms with Crippen LogP contribution in [0.3, 0.4) is 0 Å². The molecular weight excluding hydrogens is 131 g/mol. The molecule has 0 fully saturated rings. The highest BCUT2D eigenvalue weighted by molar-refractivity contribution is 7.46. The van der Waals surface area contributed by atoms with Crippen molar-refractivity contribution in [3.05, 3.63) is 0 Å². The molecule has 50 valence electrons. The highest BCUT2D eigenvalue weighted by Crippen LogP contribution is 2.35. The fourth-order valence-electron chi connectivity index (χ4n) is 0.183. The quantitative estimate of drug-likeness (QED) is 0.443. The Balaban J connectivity index is 3.18. The molecule has 0 saturated heterocycles. The molecule has 0 saturated carbocycles. The van der Waals surface area contributed by atoms with Gasteiger partial charge in [0.1, 0.15) is 0 Å². The lowest BCUT2D eigenvalue weighted by atomic mass is 10.5. The van der Waals surface area contributed by atoms with E-state index in [0.717, 1.165) is 0 Å². The molecule has 5 heteroatoms. The third-order valence-electron chi connectivity index (χ3n) is 0.404. The lowest BCUT2D eigenvalue weighted by Gasteiger charge is -2.00. The van der Waals surface area contributed by atoms with E-state index in [1.165, 1.54) is 0 Å². The van der Waals surface area contributed by atoms with Crippen LogP contribution in [0.25, 0.3) is 0 Å². The van der Waals surface area contributed by atoms with Gasteiger partial charge in [-0.15, -0.1) is 0 Å². The van der Waals surface area contributed by atoms with Crippen LogP contribution in [-0.2, 0) is 9.09 Å². The van der Waals surface area contributed by atoms with Gasteiger partial charge >= 0.3 is 7.82 Å². The van der Waals surface area contributed by atoms with Crippen LogP contribution < -0.4 is 0 Å². The van der Waals surface area contributed by atoms with Crippen LogP contribution in [0, 0.1) is 0 Å². The first kappa shape index (κ1) is 6.23. The third-order valence-corrected chi connectivity index (χ3v) is 0.923. The highest BCUT2D eigenvalue weighted by atomic mass is 31.2. The minimum atomic E-state index is -4.28. The molecule has 0 amide bonds. The van der Waals surface area contributed by atoms with Crippen LogP contribution in [0.2, 0.25) is 0 Å². The molecule has 4 nitrogen and oxygen atoms in total. The first-order chi connectivity index (χ1) is 4.06. The highest BCUT2D eigenvalue weighted by Gasteiger charge is 2.11. The Bertz CT molecular complexity index is 110. The van der Waals surface area contributed by atoms with Crippen LogP contribution in [-0.4, -0.2) is 16.4 Å². The van der Waals surface area contributed by atoms with Crippen molar-refractivity contribution in [2.24, 2.45) is 0 Å². The monoisotopic (exact) mass is 141 g/mol. The summed E-state index contributed by atoms with van der Waals surface area (Å²) in [5, 5.41) is 0. The van der Waals surface area contributed by atoms with E-state index in [9.17, 15) is 4.57 Å². The van der Waals surface area contributed by atoms with Gasteiger partial charge in [0.15, 0.2) is 0 Å². The van der Waals surface area contributed by atoms with Gasteiger partial charge in [-0.1, -0.05) is 6.90 Å². The topological polar surface area (TPSA) is 66.8 Å². The summed E-state index contributed by atoms with van der Waals surface area (Å²) in [4.78, 5) is 16.1. The van der Waals surface area contributed by atoms with Crippen molar-refractivity contribution in [2.75, 3.05) is 6.61 Å². The minimum Gasteiger partial charge on any atom is -0.303 e. The fraction of sp³-hybridized carbons (Fsp3) is 1.00. The number of phosphoric ester groups is 1. The second-order valence-electron chi connectivity index (χ2n) is 1.18. The Morgan fingerprint density at radius 2 is 2.50 bits per heavy atom. The number of hydrogen-bond acceptors (Lipinski definition) is 2. The maximum Gasteiger partial charge on any atom is 0.469 e. The molecule has 2 N–H and O–H groups in total. The average Bonchev–Trinajstić information content (AvgIpc) is 1.63. The zero-order valence-electron chi connectivity index (χ0n) is 5.28. The minimum absolute atomic E-state index is 0.0478. The van der Waals surface area contributed by atoms with Crippen LogP contribution >= 0.6 is 7.82 Å². The maximum absolute atomic E-state index is 9.92. The van der Waals surface area contributed by atoms with E-state index in [0.29, 0.717) is 6.42 Å². The van der Waals surface area contributed by atoms with Gasteiger partial charge in [0, 0.05) is 1.37 Å². The Morgan fingerprint density at radius 1 is 1.88 bits per heavy atom. The molecule has 0 aromatic heterocycles. The van der Waals surface area contributed by atoms with Crippen molar-refractivity contribution in [3.63, 3.8) is 0 Å². The van der Waals surface area contributed by atoms with Crippen LogP contribution in [0.4, 0.5) is 0 Å². The molecule has 0 bridgehead atoms. The molecule has 0 aromatic rings. The SMILES string of the molecule is [2H]CCCOP(=O)(O)O. The predicted octanol–water partition coefficient (Wildman–Crippen LogP) is 0.506. The van der Waals surface area contributed by atoms with E-state index < -0.39 is 7.82 Å². The van der Waals surface area contributed by atoms with E-state index >= 15 is 0 Å². The van der Waals surface area contributed by atoms with Gasteiger partial charge in [0.2, 0.25) is 0 Å². The van der Waals surface area contributed by atoms with Crippen molar-refractivity contribution < 1.29 is 20.2 Å². The van der Waals surface area contributed by atoms with Gasteiger partial charge in [-0.3, -0.25) is 4.52 Å². The first-order valence-corrected chi connectivity index (χ1v) is 3.58. The smallest absolute Gasteiger partial charge is 0.303 e. The van der Waals surface area contributed by atoms with Gasteiger partial charge in [0.25, 0.3) is 0 Å². The summed E-state index contributed by atoms with van der Waals surface area (Å²) >= 11 is 0. The molecule has 0 spiro atoms. The van der Waals surface area contributed by atoms with Crippen molar-refractivity contribution in [2.45, 2.75) is 13.3 Å².